The second kappa shape index (κ2) is 9.50. The van der Waals surface area contributed by atoms with Gasteiger partial charge in [0.2, 0.25) is 5.88 Å². The minimum absolute atomic E-state index is 0.297. The van der Waals surface area contributed by atoms with Crippen molar-refractivity contribution in [2.75, 3.05) is 13.1 Å². The third kappa shape index (κ3) is 5.87. The van der Waals surface area contributed by atoms with E-state index in [9.17, 15) is 4.39 Å². The molecule has 0 radical (unpaired) electrons. The summed E-state index contributed by atoms with van der Waals surface area (Å²) in [6.07, 6.45) is 2.71. The number of nitrogens with zero attached hydrogens (tertiary/aromatic N) is 2. The molecule has 1 heterocycles. The molecule has 2 aromatic rings. The SMILES string of the molecule is CCCNC(=NCc1ccnc(Oc2ccc(F)cc2)c1)NCC. The highest BCUT2D eigenvalue weighted by molar-refractivity contribution is 5.79. The Balaban J connectivity index is 2.02. The van der Waals surface area contributed by atoms with Gasteiger partial charge in [0.25, 0.3) is 0 Å². The van der Waals surface area contributed by atoms with Crippen molar-refractivity contribution in [3.63, 3.8) is 0 Å². The third-order valence-corrected chi connectivity index (χ3v) is 3.14. The maximum absolute atomic E-state index is 12.9. The molecule has 0 bridgehead atoms. The molecule has 0 spiro atoms. The maximum Gasteiger partial charge on any atom is 0.219 e. The van der Waals surface area contributed by atoms with Crippen LogP contribution in [0.15, 0.2) is 47.6 Å². The first kappa shape index (κ1) is 17.7. The zero-order valence-corrected chi connectivity index (χ0v) is 14.1. The van der Waals surface area contributed by atoms with Gasteiger partial charge in [0.1, 0.15) is 11.6 Å². The summed E-state index contributed by atoms with van der Waals surface area (Å²) in [4.78, 5) is 8.72. The molecule has 2 N–H and O–H groups in total. The smallest absolute Gasteiger partial charge is 0.219 e. The number of halogens is 1. The summed E-state index contributed by atoms with van der Waals surface area (Å²) < 4.78 is 18.6. The van der Waals surface area contributed by atoms with E-state index in [0.29, 0.717) is 18.2 Å². The van der Waals surface area contributed by atoms with E-state index in [-0.39, 0.29) is 5.82 Å². The topological polar surface area (TPSA) is 58.5 Å². The van der Waals surface area contributed by atoms with Gasteiger partial charge in [0.05, 0.1) is 6.54 Å². The van der Waals surface area contributed by atoms with Crippen LogP contribution in [0.3, 0.4) is 0 Å². The van der Waals surface area contributed by atoms with Gasteiger partial charge in [0, 0.05) is 25.4 Å². The number of aliphatic imine (C=N–C) groups is 1. The Hall–Kier alpha value is -2.63. The van der Waals surface area contributed by atoms with E-state index in [2.05, 4.69) is 27.5 Å². The van der Waals surface area contributed by atoms with Gasteiger partial charge < -0.3 is 15.4 Å². The first-order valence-corrected chi connectivity index (χ1v) is 8.11. The van der Waals surface area contributed by atoms with Crippen LogP contribution >= 0.6 is 0 Å². The highest BCUT2D eigenvalue weighted by atomic mass is 19.1. The van der Waals surface area contributed by atoms with E-state index >= 15 is 0 Å². The molecule has 0 aliphatic heterocycles. The fourth-order valence-corrected chi connectivity index (χ4v) is 1.98. The van der Waals surface area contributed by atoms with Gasteiger partial charge in [0.15, 0.2) is 5.96 Å². The van der Waals surface area contributed by atoms with Crippen LogP contribution < -0.4 is 15.4 Å². The summed E-state index contributed by atoms with van der Waals surface area (Å²) >= 11 is 0. The van der Waals surface area contributed by atoms with E-state index < -0.39 is 0 Å². The Kier molecular flexibility index (Phi) is 7.01. The molecule has 0 amide bonds. The second-order valence-electron chi connectivity index (χ2n) is 5.18. The lowest BCUT2D eigenvalue weighted by Crippen LogP contribution is -2.37. The molecule has 0 fully saturated rings. The van der Waals surface area contributed by atoms with Crippen molar-refractivity contribution in [3.8, 4) is 11.6 Å². The minimum atomic E-state index is -0.297. The Labute approximate surface area is 142 Å². The first-order valence-electron chi connectivity index (χ1n) is 8.11. The lowest BCUT2D eigenvalue weighted by atomic mass is 10.2. The molecule has 1 aromatic heterocycles. The highest BCUT2D eigenvalue weighted by Crippen LogP contribution is 2.20. The van der Waals surface area contributed by atoms with Crippen LogP contribution in [0.1, 0.15) is 25.8 Å². The van der Waals surface area contributed by atoms with Gasteiger partial charge in [-0.25, -0.2) is 14.4 Å². The van der Waals surface area contributed by atoms with Crippen molar-refractivity contribution in [2.45, 2.75) is 26.8 Å². The van der Waals surface area contributed by atoms with E-state index in [1.54, 1.807) is 18.3 Å². The molecule has 24 heavy (non-hydrogen) atoms. The lowest BCUT2D eigenvalue weighted by molar-refractivity contribution is 0.460. The van der Waals surface area contributed by atoms with Gasteiger partial charge >= 0.3 is 0 Å². The predicted molar refractivity (Wildman–Crippen MR) is 93.8 cm³/mol. The number of pyridine rings is 1. The van der Waals surface area contributed by atoms with Crippen molar-refractivity contribution in [3.05, 3.63) is 54.0 Å². The number of aromatic nitrogens is 1. The summed E-state index contributed by atoms with van der Waals surface area (Å²) in [7, 11) is 0. The summed E-state index contributed by atoms with van der Waals surface area (Å²) in [6, 6.07) is 9.57. The van der Waals surface area contributed by atoms with Gasteiger partial charge in [-0.15, -0.1) is 0 Å². The molecule has 0 aliphatic rings. The number of nitrogens with one attached hydrogen (secondary N) is 2. The minimum Gasteiger partial charge on any atom is -0.439 e. The van der Waals surface area contributed by atoms with Crippen LogP contribution in [0.4, 0.5) is 4.39 Å². The monoisotopic (exact) mass is 330 g/mol. The summed E-state index contributed by atoms with van der Waals surface area (Å²) in [6.45, 7) is 6.34. The Bertz CT molecular complexity index is 658. The van der Waals surface area contributed by atoms with Gasteiger partial charge in [-0.05, 0) is 49.2 Å². The molecule has 5 nitrogen and oxygen atoms in total. The Morgan fingerprint density at radius 1 is 1.17 bits per heavy atom. The summed E-state index contributed by atoms with van der Waals surface area (Å²) in [5.41, 5.74) is 0.982. The number of hydrogen-bond donors (Lipinski definition) is 2. The normalized spacial score (nSPS) is 11.2. The number of benzene rings is 1. The van der Waals surface area contributed by atoms with Gasteiger partial charge in [-0.1, -0.05) is 6.92 Å². The average Bonchev–Trinajstić information content (AvgIpc) is 2.60. The fourth-order valence-electron chi connectivity index (χ4n) is 1.98. The second-order valence-corrected chi connectivity index (χ2v) is 5.18. The van der Waals surface area contributed by atoms with Crippen LogP contribution in [0.5, 0.6) is 11.6 Å². The fraction of sp³-hybridized carbons (Fsp3) is 0.333. The van der Waals surface area contributed by atoms with Crippen LogP contribution in [0, 0.1) is 5.82 Å². The molecule has 6 heteroatoms. The number of ether oxygens (including phenoxy) is 1. The average molecular weight is 330 g/mol. The Morgan fingerprint density at radius 3 is 2.67 bits per heavy atom. The molecule has 0 saturated carbocycles. The quantitative estimate of drug-likeness (QED) is 0.603. The standard InChI is InChI=1S/C18H23FN4O/c1-3-10-22-18(20-4-2)23-13-14-9-11-21-17(12-14)24-16-7-5-15(19)6-8-16/h5-9,11-12H,3-4,10,13H2,1-2H3,(H2,20,22,23). The van der Waals surface area contributed by atoms with Gasteiger partial charge in [-0.2, -0.15) is 0 Å². The van der Waals surface area contributed by atoms with E-state index in [0.717, 1.165) is 31.0 Å². The molecule has 2 rings (SSSR count). The van der Waals surface area contributed by atoms with Crippen molar-refractivity contribution in [1.29, 1.82) is 0 Å². The molecule has 1 aromatic carbocycles. The number of hydrogen-bond acceptors (Lipinski definition) is 3. The van der Waals surface area contributed by atoms with E-state index in [1.807, 2.05) is 19.1 Å². The Morgan fingerprint density at radius 2 is 1.96 bits per heavy atom. The van der Waals surface area contributed by atoms with Crippen molar-refractivity contribution >= 4 is 5.96 Å². The van der Waals surface area contributed by atoms with Crippen LogP contribution in [-0.2, 0) is 6.54 Å². The van der Waals surface area contributed by atoms with Gasteiger partial charge in [-0.3, -0.25) is 0 Å². The first-order chi connectivity index (χ1) is 11.7. The molecular formula is C18H23FN4O. The van der Waals surface area contributed by atoms with E-state index in [1.165, 1.54) is 12.1 Å². The summed E-state index contributed by atoms with van der Waals surface area (Å²) in [5, 5.41) is 6.46. The number of guanidine groups is 1. The molecule has 0 unspecified atom stereocenters. The third-order valence-electron chi connectivity index (χ3n) is 3.14. The molecule has 0 saturated heterocycles. The van der Waals surface area contributed by atoms with Crippen LogP contribution in [-0.4, -0.2) is 24.0 Å². The lowest BCUT2D eigenvalue weighted by Gasteiger charge is -2.10. The zero-order chi connectivity index (χ0) is 17.2. The maximum atomic E-state index is 12.9. The summed E-state index contributed by atoms with van der Waals surface area (Å²) in [5.74, 6) is 1.49. The molecule has 0 aliphatic carbocycles. The molecular weight excluding hydrogens is 307 g/mol. The highest BCUT2D eigenvalue weighted by Gasteiger charge is 2.02. The largest absolute Gasteiger partial charge is 0.439 e. The van der Waals surface area contributed by atoms with E-state index in [4.69, 9.17) is 4.74 Å². The van der Waals surface area contributed by atoms with Crippen molar-refractivity contribution in [1.82, 2.24) is 15.6 Å². The molecule has 0 atom stereocenters. The molecule has 128 valence electrons. The predicted octanol–water partition coefficient (Wildman–Crippen LogP) is 3.48. The number of rotatable bonds is 7. The van der Waals surface area contributed by atoms with Crippen LogP contribution in [0.2, 0.25) is 0 Å². The van der Waals surface area contributed by atoms with Crippen molar-refractivity contribution in [2.24, 2.45) is 4.99 Å². The zero-order valence-electron chi connectivity index (χ0n) is 14.1. The van der Waals surface area contributed by atoms with Crippen LogP contribution in [0.25, 0.3) is 0 Å². The van der Waals surface area contributed by atoms with Crippen molar-refractivity contribution < 1.29 is 9.13 Å².